The van der Waals surface area contributed by atoms with E-state index in [4.69, 9.17) is 15.0 Å². The largest absolute Gasteiger partial charge is 0.208 e. The van der Waals surface area contributed by atoms with Gasteiger partial charge in [0, 0.05) is 22.1 Å². The average Bonchev–Trinajstić information content (AvgIpc) is 3.70. The molecule has 0 atom stereocenters. The summed E-state index contributed by atoms with van der Waals surface area (Å²) < 4.78 is 0. The summed E-state index contributed by atoms with van der Waals surface area (Å²) in [5.41, 5.74) is 18.7. The molecule has 8 aromatic rings. The minimum atomic E-state index is -0.0280. The summed E-state index contributed by atoms with van der Waals surface area (Å²) in [4.78, 5) is 14.8. The van der Waals surface area contributed by atoms with Crippen molar-refractivity contribution in [3.8, 4) is 78.7 Å². The minimum absolute atomic E-state index is 0.0280. The number of rotatable bonds is 5. The van der Waals surface area contributed by atoms with Crippen molar-refractivity contribution in [2.24, 2.45) is 0 Å². The number of fused-ring (bicyclic) bond motifs is 6. The van der Waals surface area contributed by atoms with Crippen LogP contribution in [0.2, 0.25) is 0 Å². The van der Waals surface area contributed by atoms with Crippen LogP contribution in [0.4, 0.5) is 0 Å². The molecule has 0 saturated heterocycles. The number of benzene rings is 7. The summed E-state index contributed by atoms with van der Waals surface area (Å²) in [5, 5.41) is 0. The Morgan fingerprint density at radius 2 is 0.904 bits per heavy atom. The first-order valence-corrected chi connectivity index (χ1v) is 18.0. The third-order valence-corrected chi connectivity index (χ3v) is 11.0. The Hall–Kier alpha value is -6.45. The molecule has 52 heavy (non-hydrogen) atoms. The topological polar surface area (TPSA) is 38.7 Å². The third kappa shape index (κ3) is 4.92. The monoisotopic (exact) mass is 665 g/mol. The molecule has 0 fully saturated rings. The van der Waals surface area contributed by atoms with Crippen molar-refractivity contribution in [3.63, 3.8) is 0 Å². The van der Waals surface area contributed by atoms with Gasteiger partial charge in [-0.3, -0.25) is 0 Å². The fourth-order valence-corrected chi connectivity index (χ4v) is 8.30. The second kappa shape index (κ2) is 11.8. The molecule has 3 heteroatoms. The Balaban J connectivity index is 1.02. The first kappa shape index (κ1) is 30.4. The smallest absolute Gasteiger partial charge is 0.164 e. The van der Waals surface area contributed by atoms with Crippen molar-refractivity contribution in [1.82, 2.24) is 15.0 Å². The highest BCUT2D eigenvalue weighted by atomic mass is 15.0. The molecule has 0 bridgehead atoms. The summed E-state index contributed by atoms with van der Waals surface area (Å²) >= 11 is 0. The van der Waals surface area contributed by atoms with Gasteiger partial charge in [-0.1, -0.05) is 159 Å². The Morgan fingerprint density at radius 1 is 0.365 bits per heavy atom. The van der Waals surface area contributed by atoms with E-state index in [-0.39, 0.29) is 5.41 Å². The lowest BCUT2D eigenvalue weighted by Crippen LogP contribution is -2.14. The molecule has 2 aliphatic carbocycles. The Morgan fingerprint density at radius 3 is 1.65 bits per heavy atom. The molecule has 0 N–H and O–H groups in total. The van der Waals surface area contributed by atoms with Crippen molar-refractivity contribution >= 4 is 0 Å². The van der Waals surface area contributed by atoms with Crippen LogP contribution in [0.25, 0.3) is 78.7 Å². The van der Waals surface area contributed by atoms with E-state index >= 15 is 0 Å². The number of nitrogens with zero attached hydrogens (tertiary/aromatic N) is 3. The standard InChI is InChI=1S/C49H35N3/c1-49(2)44-22-10-9-19-40(44)41-26-25-36(30-45(41)49)38-20-12-21-39-42-28-34(23-24-35(42)29-43(38)39)33-17-11-18-37(27-33)48-51-46(31-13-5-3-6-14-31)50-47(52-48)32-15-7-4-8-16-32/h3-28,30H,29H2,1-2H3. The van der Waals surface area contributed by atoms with Crippen LogP contribution < -0.4 is 0 Å². The van der Waals surface area contributed by atoms with Gasteiger partial charge in [-0.25, -0.2) is 15.0 Å². The lowest BCUT2D eigenvalue weighted by atomic mass is 9.81. The number of hydrogen-bond acceptors (Lipinski definition) is 3. The minimum Gasteiger partial charge on any atom is -0.208 e. The van der Waals surface area contributed by atoms with E-state index < -0.39 is 0 Å². The molecule has 0 spiro atoms. The maximum atomic E-state index is 4.98. The van der Waals surface area contributed by atoms with Crippen molar-refractivity contribution in [2.45, 2.75) is 25.7 Å². The van der Waals surface area contributed by atoms with Crippen molar-refractivity contribution in [2.75, 3.05) is 0 Å². The third-order valence-electron chi connectivity index (χ3n) is 11.0. The van der Waals surface area contributed by atoms with Crippen LogP contribution in [0.1, 0.15) is 36.1 Å². The molecule has 3 nitrogen and oxygen atoms in total. The van der Waals surface area contributed by atoms with E-state index in [9.17, 15) is 0 Å². The van der Waals surface area contributed by atoms with Gasteiger partial charge in [-0.05, 0) is 91.4 Å². The number of aromatic nitrogens is 3. The molecule has 0 unspecified atom stereocenters. The Labute approximate surface area is 304 Å². The molecular formula is C49H35N3. The van der Waals surface area contributed by atoms with Gasteiger partial charge in [0.2, 0.25) is 0 Å². The Bertz CT molecular complexity index is 2620. The number of hydrogen-bond donors (Lipinski definition) is 0. The average molecular weight is 666 g/mol. The van der Waals surface area contributed by atoms with Crippen molar-refractivity contribution in [1.29, 1.82) is 0 Å². The van der Waals surface area contributed by atoms with Gasteiger partial charge in [0.15, 0.2) is 17.5 Å². The SMILES string of the molecule is CC1(C)c2ccccc2-c2ccc(-c3cccc4c3Cc3ccc(-c5cccc(-c6nc(-c7ccccc7)nc(-c7ccccc7)n6)c5)cc3-4)cc21. The normalized spacial score (nSPS) is 13.3. The summed E-state index contributed by atoms with van der Waals surface area (Å²) in [6.07, 6.45) is 0.928. The molecular weight excluding hydrogens is 631 g/mol. The summed E-state index contributed by atoms with van der Waals surface area (Å²) in [6.45, 7) is 4.71. The van der Waals surface area contributed by atoms with Gasteiger partial charge >= 0.3 is 0 Å². The molecule has 0 amide bonds. The van der Waals surface area contributed by atoms with Gasteiger partial charge in [0.05, 0.1) is 0 Å². The highest BCUT2D eigenvalue weighted by Gasteiger charge is 2.35. The predicted molar refractivity (Wildman–Crippen MR) is 213 cm³/mol. The van der Waals surface area contributed by atoms with Crippen LogP contribution in [0.3, 0.4) is 0 Å². The summed E-state index contributed by atoms with van der Waals surface area (Å²) in [6, 6.07) is 58.6. The predicted octanol–water partition coefficient (Wildman–Crippen LogP) is 12.1. The highest BCUT2D eigenvalue weighted by molar-refractivity contribution is 5.89. The maximum absolute atomic E-state index is 4.98. The lowest BCUT2D eigenvalue weighted by Gasteiger charge is -2.22. The van der Waals surface area contributed by atoms with E-state index in [1.54, 1.807) is 0 Å². The molecule has 2 aliphatic rings. The molecule has 0 aliphatic heterocycles. The fraction of sp³-hybridized carbons (Fsp3) is 0.0816. The van der Waals surface area contributed by atoms with E-state index in [1.807, 2.05) is 60.7 Å². The quantitative estimate of drug-likeness (QED) is 0.184. The second-order valence-electron chi connectivity index (χ2n) is 14.4. The molecule has 7 aromatic carbocycles. The van der Waals surface area contributed by atoms with E-state index in [0.29, 0.717) is 17.5 Å². The van der Waals surface area contributed by atoms with Crippen LogP contribution in [0.5, 0.6) is 0 Å². The zero-order valence-corrected chi connectivity index (χ0v) is 29.1. The summed E-state index contributed by atoms with van der Waals surface area (Å²) in [5.74, 6) is 1.99. The Kier molecular flexibility index (Phi) is 6.91. The van der Waals surface area contributed by atoms with Crippen LogP contribution in [-0.2, 0) is 11.8 Å². The molecule has 246 valence electrons. The van der Waals surface area contributed by atoms with E-state index in [1.165, 1.54) is 61.2 Å². The lowest BCUT2D eigenvalue weighted by molar-refractivity contribution is 0.660. The van der Waals surface area contributed by atoms with Crippen molar-refractivity contribution < 1.29 is 0 Å². The van der Waals surface area contributed by atoms with Crippen molar-refractivity contribution in [3.05, 3.63) is 186 Å². The molecule has 10 rings (SSSR count). The fourth-order valence-electron chi connectivity index (χ4n) is 8.30. The first-order chi connectivity index (χ1) is 25.5. The van der Waals surface area contributed by atoms with Gasteiger partial charge < -0.3 is 0 Å². The van der Waals surface area contributed by atoms with Crippen LogP contribution in [-0.4, -0.2) is 15.0 Å². The van der Waals surface area contributed by atoms with Gasteiger partial charge in [-0.15, -0.1) is 0 Å². The van der Waals surface area contributed by atoms with E-state index in [2.05, 4.69) is 117 Å². The zero-order chi connectivity index (χ0) is 34.8. The second-order valence-corrected chi connectivity index (χ2v) is 14.4. The highest BCUT2D eigenvalue weighted by Crippen LogP contribution is 2.50. The first-order valence-electron chi connectivity index (χ1n) is 18.0. The maximum Gasteiger partial charge on any atom is 0.164 e. The molecule has 1 aromatic heterocycles. The van der Waals surface area contributed by atoms with Crippen LogP contribution >= 0.6 is 0 Å². The van der Waals surface area contributed by atoms with Crippen LogP contribution in [0, 0.1) is 0 Å². The molecule has 1 heterocycles. The van der Waals surface area contributed by atoms with Gasteiger partial charge in [0.25, 0.3) is 0 Å². The van der Waals surface area contributed by atoms with Gasteiger partial charge in [-0.2, -0.15) is 0 Å². The molecule has 0 radical (unpaired) electrons. The van der Waals surface area contributed by atoms with Crippen LogP contribution in [0.15, 0.2) is 164 Å². The van der Waals surface area contributed by atoms with Gasteiger partial charge in [0.1, 0.15) is 0 Å². The summed E-state index contributed by atoms with van der Waals surface area (Å²) in [7, 11) is 0. The zero-order valence-electron chi connectivity index (χ0n) is 29.1. The molecule has 0 saturated carbocycles. The van der Waals surface area contributed by atoms with E-state index in [0.717, 1.165) is 28.7 Å².